The lowest BCUT2D eigenvalue weighted by Gasteiger charge is -2.35. The smallest absolute Gasteiger partial charge is 0.0821 e. The van der Waals surface area contributed by atoms with E-state index in [-0.39, 0.29) is 11.6 Å². The van der Waals surface area contributed by atoms with Crippen molar-refractivity contribution in [3.05, 3.63) is 42.1 Å². The fraction of sp³-hybridized carbons (Fsp3) is 0.471. The number of nitrogens with zero attached hydrogens (tertiary/aromatic N) is 1. The molecule has 2 rings (SSSR count). The van der Waals surface area contributed by atoms with E-state index in [0.29, 0.717) is 6.61 Å². The van der Waals surface area contributed by atoms with Crippen LogP contribution in [0.5, 0.6) is 0 Å². The molecule has 0 spiro atoms. The Bertz CT molecular complexity index is 560. The highest BCUT2D eigenvalue weighted by Crippen LogP contribution is 2.32. The summed E-state index contributed by atoms with van der Waals surface area (Å²) in [5.74, 6) is 0. The van der Waals surface area contributed by atoms with Crippen LogP contribution in [0.3, 0.4) is 0 Å². The summed E-state index contributed by atoms with van der Waals surface area (Å²) < 4.78 is 5.96. The van der Waals surface area contributed by atoms with Crippen LogP contribution in [-0.2, 0) is 4.74 Å². The molecule has 3 heteroatoms. The van der Waals surface area contributed by atoms with Crippen LogP contribution in [0, 0.1) is 0 Å². The van der Waals surface area contributed by atoms with Gasteiger partial charge in [-0.1, -0.05) is 31.2 Å². The lowest BCUT2D eigenvalue weighted by atomic mass is 9.90. The molecule has 0 saturated heterocycles. The molecule has 1 heterocycles. The van der Waals surface area contributed by atoms with Crippen molar-refractivity contribution in [1.29, 1.82) is 0 Å². The van der Waals surface area contributed by atoms with Crippen molar-refractivity contribution in [2.24, 2.45) is 0 Å². The minimum atomic E-state index is -0.281. The molecular formula is C17H24N2O. The maximum atomic E-state index is 5.96. The zero-order valence-corrected chi connectivity index (χ0v) is 12.8. The summed E-state index contributed by atoms with van der Waals surface area (Å²) >= 11 is 0. The van der Waals surface area contributed by atoms with Crippen LogP contribution in [0.4, 0.5) is 0 Å². The first-order chi connectivity index (χ1) is 9.60. The Balaban J connectivity index is 2.52. The molecule has 108 valence electrons. The Morgan fingerprint density at radius 3 is 2.65 bits per heavy atom. The van der Waals surface area contributed by atoms with Crippen molar-refractivity contribution < 1.29 is 4.74 Å². The Morgan fingerprint density at radius 2 is 1.95 bits per heavy atom. The average Bonchev–Trinajstić information content (AvgIpc) is 2.44. The molecule has 3 nitrogen and oxygen atoms in total. The number of rotatable bonds is 6. The van der Waals surface area contributed by atoms with Crippen LogP contribution in [0.25, 0.3) is 10.9 Å². The van der Waals surface area contributed by atoms with Gasteiger partial charge in [0.1, 0.15) is 0 Å². The molecule has 0 amide bonds. The molecule has 1 unspecified atom stereocenters. The van der Waals surface area contributed by atoms with Gasteiger partial charge >= 0.3 is 0 Å². The van der Waals surface area contributed by atoms with E-state index in [0.717, 1.165) is 12.1 Å². The highest BCUT2D eigenvalue weighted by molar-refractivity contribution is 5.82. The Labute approximate surface area is 121 Å². The number of ether oxygens (including phenoxy) is 1. The fourth-order valence-electron chi connectivity index (χ4n) is 2.75. The zero-order chi connectivity index (χ0) is 14.6. The largest absolute Gasteiger partial charge is 0.374 e. The number of benzene rings is 1. The first-order valence-corrected chi connectivity index (χ1v) is 7.31. The molecule has 0 radical (unpaired) electrons. The van der Waals surface area contributed by atoms with E-state index < -0.39 is 0 Å². The molecule has 1 N–H and O–H groups in total. The van der Waals surface area contributed by atoms with E-state index in [2.05, 4.69) is 55.3 Å². The number of para-hydroxylation sites is 1. The van der Waals surface area contributed by atoms with Crippen LogP contribution in [0.15, 0.2) is 36.5 Å². The molecule has 1 aromatic carbocycles. The van der Waals surface area contributed by atoms with Crippen molar-refractivity contribution in [3.63, 3.8) is 0 Å². The number of pyridine rings is 1. The van der Waals surface area contributed by atoms with E-state index >= 15 is 0 Å². The summed E-state index contributed by atoms with van der Waals surface area (Å²) in [5, 5.41) is 4.72. The highest BCUT2D eigenvalue weighted by Gasteiger charge is 2.32. The number of fused-ring (bicyclic) bond motifs is 1. The van der Waals surface area contributed by atoms with Gasteiger partial charge in [-0.25, -0.2) is 0 Å². The zero-order valence-electron chi connectivity index (χ0n) is 12.8. The first kappa shape index (κ1) is 14.9. The summed E-state index contributed by atoms with van der Waals surface area (Å²) in [6, 6.07) is 10.5. The minimum absolute atomic E-state index is 0.117. The van der Waals surface area contributed by atoms with Gasteiger partial charge < -0.3 is 10.1 Å². The van der Waals surface area contributed by atoms with Gasteiger partial charge in [0.2, 0.25) is 0 Å². The molecular weight excluding hydrogens is 248 g/mol. The summed E-state index contributed by atoms with van der Waals surface area (Å²) in [5.41, 5.74) is 1.97. The van der Waals surface area contributed by atoms with Crippen LogP contribution < -0.4 is 5.32 Å². The quantitative estimate of drug-likeness (QED) is 0.870. The van der Waals surface area contributed by atoms with Gasteiger partial charge in [0.15, 0.2) is 0 Å². The van der Waals surface area contributed by atoms with Crippen molar-refractivity contribution in [2.75, 3.05) is 13.2 Å². The second-order valence-electron chi connectivity index (χ2n) is 5.45. The summed E-state index contributed by atoms with van der Waals surface area (Å²) in [6.45, 7) is 10.0. The first-order valence-electron chi connectivity index (χ1n) is 7.31. The standard InChI is InChI=1S/C17H24N2O/c1-5-18-16(17(3,4)20-6-2)14-11-7-9-13-10-8-12-19-15(13)14/h7-12,16,18H,5-6H2,1-4H3. The van der Waals surface area contributed by atoms with Gasteiger partial charge in [-0.2, -0.15) is 0 Å². The lowest BCUT2D eigenvalue weighted by molar-refractivity contribution is -0.0385. The molecule has 1 aromatic heterocycles. The molecule has 20 heavy (non-hydrogen) atoms. The number of hydrogen-bond donors (Lipinski definition) is 1. The van der Waals surface area contributed by atoms with Gasteiger partial charge in [0.25, 0.3) is 0 Å². The van der Waals surface area contributed by atoms with Crippen molar-refractivity contribution >= 4 is 10.9 Å². The number of hydrogen-bond acceptors (Lipinski definition) is 3. The molecule has 0 aliphatic heterocycles. The Morgan fingerprint density at radius 1 is 1.20 bits per heavy atom. The van der Waals surface area contributed by atoms with Crippen LogP contribution in [-0.4, -0.2) is 23.7 Å². The van der Waals surface area contributed by atoms with E-state index in [1.54, 1.807) is 0 Å². The molecule has 0 fully saturated rings. The van der Waals surface area contributed by atoms with Crippen LogP contribution >= 0.6 is 0 Å². The van der Waals surface area contributed by atoms with Gasteiger partial charge in [-0.05, 0) is 38.9 Å². The molecule has 0 saturated carbocycles. The average molecular weight is 272 g/mol. The predicted octanol–water partition coefficient (Wildman–Crippen LogP) is 3.70. The van der Waals surface area contributed by atoms with Crippen LogP contribution in [0.1, 0.15) is 39.3 Å². The van der Waals surface area contributed by atoms with Gasteiger partial charge in [-0.15, -0.1) is 0 Å². The minimum Gasteiger partial charge on any atom is -0.374 e. The summed E-state index contributed by atoms with van der Waals surface area (Å²) in [7, 11) is 0. The fourth-order valence-corrected chi connectivity index (χ4v) is 2.75. The summed E-state index contributed by atoms with van der Waals surface area (Å²) in [4.78, 5) is 4.56. The monoisotopic (exact) mass is 272 g/mol. The maximum absolute atomic E-state index is 5.96. The normalized spacial score (nSPS) is 13.6. The van der Waals surface area contributed by atoms with Crippen molar-refractivity contribution in [3.8, 4) is 0 Å². The molecule has 2 aromatic rings. The Kier molecular flexibility index (Phi) is 4.73. The van der Waals surface area contributed by atoms with Crippen molar-refractivity contribution in [2.45, 2.75) is 39.3 Å². The van der Waals surface area contributed by atoms with Gasteiger partial charge in [-0.3, -0.25) is 4.98 Å². The van der Waals surface area contributed by atoms with Gasteiger partial charge in [0.05, 0.1) is 17.2 Å². The van der Waals surface area contributed by atoms with Crippen LogP contribution in [0.2, 0.25) is 0 Å². The number of aromatic nitrogens is 1. The molecule has 0 aliphatic rings. The predicted molar refractivity (Wildman–Crippen MR) is 83.9 cm³/mol. The van der Waals surface area contributed by atoms with Crippen molar-refractivity contribution in [1.82, 2.24) is 10.3 Å². The van der Waals surface area contributed by atoms with E-state index in [9.17, 15) is 0 Å². The second kappa shape index (κ2) is 6.33. The number of nitrogens with one attached hydrogen (secondary N) is 1. The van der Waals surface area contributed by atoms with Gasteiger partial charge in [0, 0.05) is 18.2 Å². The molecule has 0 aliphatic carbocycles. The topological polar surface area (TPSA) is 34.2 Å². The van der Waals surface area contributed by atoms with E-state index in [4.69, 9.17) is 4.74 Å². The third kappa shape index (κ3) is 3.00. The third-order valence-electron chi connectivity index (χ3n) is 3.59. The SMILES string of the molecule is CCNC(c1cccc2cccnc12)C(C)(C)OCC. The number of likely N-dealkylation sites (N-methyl/N-ethyl adjacent to an activating group) is 1. The second-order valence-corrected chi connectivity index (χ2v) is 5.45. The highest BCUT2D eigenvalue weighted by atomic mass is 16.5. The third-order valence-corrected chi connectivity index (χ3v) is 3.59. The lowest BCUT2D eigenvalue weighted by Crippen LogP contribution is -2.41. The summed E-state index contributed by atoms with van der Waals surface area (Å²) in [6.07, 6.45) is 1.85. The maximum Gasteiger partial charge on any atom is 0.0821 e. The van der Waals surface area contributed by atoms with E-state index in [1.807, 2.05) is 19.2 Å². The molecule has 1 atom stereocenters. The Hall–Kier alpha value is -1.45. The molecule has 0 bridgehead atoms. The van der Waals surface area contributed by atoms with E-state index in [1.165, 1.54) is 10.9 Å².